The maximum absolute atomic E-state index is 4.54. The summed E-state index contributed by atoms with van der Waals surface area (Å²) in [6, 6.07) is 2.43. The molecule has 3 rings (SSSR count). The molecule has 0 aliphatic heterocycles. The molecule has 1 heteroatoms. The molecule has 0 saturated heterocycles. The first-order valence-electron chi connectivity index (χ1n) is 5.81. The lowest BCUT2D eigenvalue weighted by atomic mass is 9.79. The molecule has 0 bridgehead atoms. The highest BCUT2D eigenvalue weighted by molar-refractivity contribution is 5.32. The average Bonchev–Trinajstić information content (AvgIpc) is 2.88. The van der Waals surface area contributed by atoms with E-state index in [0.717, 1.165) is 11.8 Å². The zero-order valence-corrected chi connectivity index (χ0v) is 8.79. The average molecular weight is 187 g/mol. The summed E-state index contributed by atoms with van der Waals surface area (Å²) < 4.78 is 0. The Bertz CT molecular complexity index is 348. The molecule has 2 aliphatic carbocycles. The van der Waals surface area contributed by atoms with Gasteiger partial charge in [0, 0.05) is 11.9 Å². The summed E-state index contributed by atoms with van der Waals surface area (Å²) in [5, 5.41) is 0. The van der Waals surface area contributed by atoms with Crippen LogP contribution in [0, 0.1) is 6.92 Å². The third kappa shape index (κ3) is 1.35. The number of hydrogen-bond acceptors (Lipinski definition) is 1. The second-order valence-electron chi connectivity index (χ2n) is 4.85. The number of hydrogen-bond donors (Lipinski definition) is 0. The normalized spacial score (nSPS) is 22.1. The summed E-state index contributed by atoms with van der Waals surface area (Å²) >= 11 is 0. The van der Waals surface area contributed by atoms with Gasteiger partial charge in [0.1, 0.15) is 0 Å². The highest BCUT2D eigenvalue weighted by Gasteiger charge is 2.27. The Balaban J connectivity index is 1.94. The van der Waals surface area contributed by atoms with Crippen LogP contribution in [0.15, 0.2) is 12.3 Å². The van der Waals surface area contributed by atoms with E-state index in [1.54, 1.807) is 5.56 Å². The van der Waals surface area contributed by atoms with Gasteiger partial charge in [-0.1, -0.05) is 12.5 Å². The van der Waals surface area contributed by atoms with Crippen molar-refractivity contribution < 1.29 is 0 Å². The number of rotatable bonds is 2. The van der Waals surface area contributed by atoms with Crippen molar-refractivity contribution in [1.82, 2.24) is 4.98 Å². The van der Waals surface area contributed by atoms with Crippen molar-refractivity contribution in [3.8, 4) is 0 Å². The van der Waals surface area contributed by atoms with Crippen molar-refractivity contribution in [3.05, 3.63) is 29.1 Å². The maximum atomic E-state index is 4.54. The highest BCUT2D eigenvalue weighted by Crippen LogP contribution is 2.43. The molecule has 2 saturated carbocycles. The van der Waals surface area contributed by atoms with Gasteiger partial charge in [-0.3, -0.25) is 4.98 Å². The predicted octanol–water partition coefficient (Wildman–Crippen LogP) is 3.53. The van der Waals surface area contributed by atoms with Crippen LogP contribution in [-0.4, -0.2) is 4.98 Å². The quantitative estimate of drug-likeness (QED) is 0.690. The van der Waals surface area contributed by atoms with Gasteiger partial charge in [-0.05, 0) is 55.6 Å². The third-order valence-electron chi connectivity index (χ3n) is 3.74. The summed E-state index contributed by atoms with van der Waals surface area (Å²) in [5.41, 5.74) is 4.30. The van der Waals surface area contributed by atoms with E-state index in [2.05, 4.69) is 24.2 Å². The van der Waals surface area contributed by atoms with E-state index in [9.17, 15) is 0 Å². The number of pyridine rings is 1. The topological polar surface area (TPSA) is 12.9 Å². The Kier molecular flexibility index (Phi) is 1.86. The molecule has 0 aromatic carbocycles. The van der Waals surface area contributed by atoms with Gasteiger partial charge in [0.25, 0.3) is 0 Å². The molecule has 0 atom stereocenters. The minimum absolute atomic E-state index is 0.834. The number of aryl methyl sites for hydroxylation is 1. The van der Waals surface area contributed by atoms with E-state index >= 15 is 0 Å². The highest BCUT2D eigenvalue weighted by atomic mass is 14.7. The predicted molar refractivity (Wildman–Crippen MR) is 57.5 cm³/mol. The van der Waals surface area contributed by atoms with Crippen LogP contribution >= 0.6 is 0 Å². The fraction of sp³-hybridized carbons (Fsp3) is 0.615. The monoisotopic (exact) mass is 187 g/mol. The van der Waals surface area contributed by atoms with Crippen LogP contribution in [0.2, 0.25) is 0 Å². The van der Waals surface area contributed by atoms with Crippen molar-refractivity contribution in [2.45, 2.75) is 50.9 Å². The van der Waals surface area contributed by atoms with Crippen molar-refractivity contribution in [3.63, 3.8) is 0 Å². The van der Waals surface area contributed by atoms with Crippen LogP contribution in [0.25, 0.3) is 0 Å². The van der Waals surface area contributed by atoms with Crippen LogP contribution in [0.4, 0.5) is 0 Å². The molecular formula is C13H17N. The SMILES string of the molecule is Cc1ncc(C2CC2)cc1C1CCC1. The first-order chi connectivity index (χ1) is 6.84. The van der Waals surface area contributed by atoms with Crippen molar-refractivity contribution in [2.24, 2.45) is 0 Å². The molecule has 0 N–H and O–H groups in total. The summed E-state index contributed by atoms with van der Waals surface area (Å²) in [6.45, 7) is 2.16. The van der Waals surface area contributed by atoms with Gasteiger partial charge >= 0.3 is 0 Å². The summed E-state index contributed by atoms with van der Waals surface area (Å²) in [5.74, 6) is 1.68. The van der Waals surface area contributed by atoms with Crippen LogP contribution in [0.3, 0.4) is 0 Å². The van der Waals surface area contributed by atoms with Gasteiger partial charge in [0.15, 0.2) is 0 Å². The van der Waals surface area contributed by atoms with Crippen molar-refractivity contribution in [1.29, 1.82) is 0 Å². The first-order valence-corrected chi connectivity index (χ1v) is 5.81. The third-order valence-corrected chi connectivity index (χ3v) is 3.74. The summed E-state index contributed by atoms with van der Waals surface area (Å²) in [7, 11) is 0. The molecule has 1 aromatic heterocycles. The summed E-state index contributed by atoms with van der Waals surface area (Å²) in [4.78, 5) is 4.54. The zero-order valence-electron chi connectivity index (χ0n) is 8.79. The number of nitrogens with zero attached hydrogens (tertiary/aromatic N) is 1. The van der Waals surface area contributed by atoms with E-state index in [1.807, 2.05) is 0 Å². The van der Waals surface area contributed by atoms with E-state index in [1.165, 1.54) is 43.4 Å². The van der Waals surface area contributed by atoms with Crippen molar-refractivity contribution >= 4 is 0 Å². The standard InChI is InChI=1S/C13H17N/c1-9-13(11-3-2-4-11)7-12(8-14-9)10-5-6-10/h7-8,10-11H,2-6H2,1H3. The number of aromatic nitrogens is 1. The molecular weight excluding hydrogens is 170 g/mol. The summed E-state index contributed by atoms with van der Waals surface area (Å²) in [6.07, 6.45) is 9.05. The van der Waals surface area contributed by atoms with E-state index in [0.29, 0.717) is 0 Å². The molecule has 1 heterocycles. The maximum Gasteiger partial charge on any atom is 0.0407 e. The van der Waals surface area contributed by atoms with E-state index < -0.39 is 0 Å². The van der Waals surface area contributed by atoms with Crippen LogP contribution in [0.1, 0.15) is 60.8 Å². The largest absolute Gasteiger partial charge is 0.261 e. The second kappa shape index (κ2) is 3.08. The van der Waals surface area contributed by atoms with Gasteiger partial charge in [-0.25, -0.2) is 0 Å². The Hall–Kier alpha value is -0.850. The smallest absolute Gasteiger partial charge is 0.0407 e. The Morgan fingerprint density at radius 2 is 1.93 bits per heavy atom. The molecule has 2 aliphatic rings. The molecule has 14 heavy (non-hydrogen) atoms. The molecule has 0 unspecified atom stereocenters. The van der Waals surface area contributed by atoms with Crippen LogP contribution in [0.5, 0.6) is 0 Å². The van der Waals surface area contributed by atoms with E-state index in [-0.39, 0.29) is 0 Å². The lowest BCUT2D eigenvalue weighted by Gasteiger charge is -2.27. The Morgan fingerprint density at radius 3 is 2.50 bits per heavy atom. The van der Waals surface area contributed by atoms with Gasteiger partial charge in [-0.2, -0.15) is 0 Å². The lowest BCUT2D eigenvalue weighted by Crippen LogP contribution is -2.11. The molecule has 0 radical (unpaired) electrons. The lowest BCUT2D eigenvalue weighted by molar-refractivity contribution is 0.416. The molecule has 74 valence electrons. The fourth-order valence-electron chi connectivity index (χ4n) is 2.34. The van der Waals surface area contributed by atoms with Gasteiger partial charge in [0.05, 0.1) is 0 Å². The van der Waals surface area contributed by atoms with Crippen molar-refractivity contribution in [2.75, 3.05) is 0 Å². The molecule has 2 fully saturated rings. The Labute approximate surface area is 85.6 Å². The second-order valence-corrected chi connectivity index (χ2v) is 4.85. The molecule has 1 nitrogen and oxygen atoms in total. The van der Waals surface area contributed by atoms with Crippen LogP contribution in [-0.2, 0) is 0 Å². The fourth-order valence-corrected chi connectivity index (χ4v) is 2.34. The van der Waals surface area contributed by atoms with Crippen LogP contribution < -0.4 is 0 Å². The minimum atomic E-state index is 0.834. The van der Waals surface area contributed by atoms with Gasteiger partial charge < -0.3 is 0 Å². The first kappa shape index (κ1) is 8.46. The molecule has 0 spiro atoms. The van der Waals surface area contributed by atoms with E-state index in [4.69, 9.17) is 0 Å². The zero-order chi connectivity index (χ0) is 9.54. The molecule has 1 aromatic rings. The van der Waals surface area contributed by atoms with Gasteiger partial charge in [0.2, 0.25) is 0 Å². The molecule has 0 amide bonds. The van der Waals surface area contributed by atoms with Gasteiger partial charge in [-0.15, -0.1) is 0 Å². The Morgan fingerprint density at radius 1 is 1.14 bits per heavy atom. The minimum Gasteiger partial charge on any atom is -0.261 e.